The number of nitrogens with one attached hydrogen (secondary N) is 1. The predicted octanol–water partition coefficient (Wildman–Crippen LogP) is 6.36. The molecule has 0 aliphatic rings. The van der Waals surface area contributed by atoms with Crippen LogP contribution in [0, 0.1) is 0 Å². The molecule has 4 aromatic rings. The minimum absolute atomic E-state index is 0.192. The number of hydrazone groups is 1. The molecule has 0 aromatic heterocycles. The molecule has 7 heteroatoms. The summed E-state index contributed by atoms with van der Waals surface area (Å²) < 4.78 is 11.2. The summed E-state index contributed by atoms with van der Waals surface area (Å²) in [6.45, 7) is 4.03. The van der Waals surface area contributed by atoms with Crippen molar-refractivity contribution in [2.75, 3.05) is 6.61 Å². The maximum absolute atomic E-state index is 12.7. The Morgan fingerprint density at radius 2 is 1.67 bits per heavy atom. The van der Waals surface area contributed by atoms with Crippen LogP contribution in [-0.4, -0.2) is 24.7 Å². The lowest BCUT2D eigenvalue weighted by Crippen LogP contribution is -2.24. The van der Waals surface area contributed by atoms with Crippen LogP contribution in [0.3, 0.4) is 0 Å². The van der Waals surface area contributed by atoms with Gasteiger partial charge < -0.3 is 9.47 Å². The molecule has 0 aliphatic carbocycles. The van der Waals surface area contributed by atoms with Gasteiger partial charge in [0.1, 0.15) is 11.5 Å². The molecule has 0 spiro atoms. The van der Waals surface area contributed by atoms with Crippen LogP contribution in [0.1, 0.15) is 41.3 Å². The summed E-state index contributed by atoms with van der Waals surface area (Å²) >= 11 is 6.15. The van der Waals surface area contributed by atoms with Gasteiger partial charge in [-0.25, -0.2) is 10.2 Å². The average Bonchev–Trinajstić information content (AvgIpc) is 2.89. The quantitative estimate of drug-likeness (QED) is 0.132. The van der Waals surface area contributed by atoms with Crippen molar-refractivity contribution in [2.24, 2.45) is 5.10 Å². The first-order valence-corrected chi connectivity index (χ1v) is 11.8. The first-order valence-electron chi connectivity index (χ1n) is 11.5. The van der Waals surface area contributed by atoms with Crippen molar-refractivity contribution in [1.82, 2.24) is 5.43 Å². The van der Waals surface area contributed by atoms with Crippen molar-refractivity contribution in [2.45, 2.75) is 19.8 Å². The molecule has 0 saturated carbocycles. The van der Waals surface area contributed by atoms with Crippen molar-refractivity contribution in [1.29, 1.82) is 0 Å². The van der Waals surface area contributed by atoms with Gasteiger partial charge in [-0.2, -0.15) is 5.10 Å². The van der Waals surface area contributed by atoms with Crippen molar-refractivity contribution in [3.8, 4) is 11.5 Å². The summed E-state index contributed by atoms with van der Waals surface area (Å²) in [5, 5.41) is 6.11. The summed E-state index contributed by atoms with van der Waals surface area (Å²) in [5.41, 5.74) is 4.45. The smallest absolute Gasteiger partial charge is 0.345 e. The van der Waals surface area contributed by atoms with E-state index >= 15 is 0 Å². The molecule has 0 unspecified atom stereocenters. The number of amides is 1. The van der Waals surface area contributed by atoms with Crippen LogP contribution in [-0.2, 0) is 4.79 Å². The number of nitrogens with zero attached hydrogens (tertiary/aromatic N) is 1. The van der Waals surface area contributed by atoms with E-state index in [1.165, 1.54) is 11.8 Å². The van der Waals surface area contributed by atoms with Crippen molar-refractivity contribution in [3.05, 3.63) is 107 Å². The van der Waals surface area contributed by atoms with Gasteiger partial charge in [0, 0.05) is 5.56 Å². The highest BCUT2D eigenvalue weighted by Crippen LogP contribution is 2.28. The van der Waals surface area contributed by atoms with E-state index in [0.29, 0.717) is 22.3 Å². The highest BCUT2D eigenvalue weighted by atomic mass is 35.5. The Morgan fingerprint density at radius 3 is 2.42 bits per heavy atom. The van der Waals surface area contributed by atoms with Crippen LogP contribution in [0.4, 0.5) is 0 Å². The fourth-order valence-electron chi connectivity index (χ4n) is 3.58. The standard InChI is InChI=1S/C29H25ClN2O4/c1-19(2)20-11-14-22(15-12-20)35-18-28(33)32-31-17-25-23-8-4-3-7-21(23)13-16-27(25)36-29(34)24-9-5-6-10-26(24)30/h3-17,19H,18H2,1-2H3,(H,32,33)/b31-17+. The van der Waals surface area contributed by atoms with Gasteiger partial charge in [0.15, 0.2) is 6.61 Å². The third kappa shape index (κ3) is 6.09. The van der Waals surface area contributed by atoms with Gasteiger partial charge in [-0.3, -0.25) is 4.79 Å². The zero-order chi connectivity index (χ0) is 25.5. The molecule has 182 valence electrons. The minimum Gasteiger partial charge on any atom is -0.484 e. The molecule has 4 aromatic carbocycles. The minimum atomic E-state index is -0.591. The third-order valence-electron chi connectivity index (χ3n) is 5.53. The van der Waals surface area contributed by atoms with Crippen molar-refractivity contribution in [3.63, 3.8) is 0 Å². The van der Waals surface area contributed by atoms with Crippen molar-refractivity contribution < 1.29 is 19.1 Å². The number of halogens is 1. The van der Waals surface area contributed by atoms with E-state index in [1.807, 2.05) is 54.6 Å². The number of rotatable bonds is 8. The number of hydrogen-bond donors (Lipinski definition) is 1. The van der Waals surface area contributed by atoms with Crippen LogP contribution in [0.15, 0.2) is 90.0 Å². The molecule has 1 N–H and O–H groups in total. The molecule has 0 aliphatic heterocycles. The Balaban J connectivity index is 1.47. The van der Waals surface area contributed by atoms with E-state index < -0.39 is 11.9 Å². The molecular weight excluding hydrogens is 476 g/mol. The number of carbonyl (C=O) groups is 2. The molecule has 4 rings (SSSR count). The molecular formula is C29H25ClN2O4. The Morgan fingerprint density at radius 1 is 0.944 bits per heavy atom. The van der Waals surface area contributed by atoms with Gasteiger partial charge in [0.05, 0.1) is 16.8 Å². The monoisotopic (exact) mass is 500 g/mol. The van der Waals surface area contributed by atoms with E-state index in [-0.39, 0.29) is 17.9 Å². The topological polar surface area (TPSA) is 77.0 Å². The number of esters is 1. The van der Waals surface area contributed by atoms with E-state index in [1.54, 1.807) is 30.3 Å². The second-order valence-corrected chi connectivity index (χ2v) is 8.78. The van der Waals surface area contributed by atoms with Gasteiger partial charge in [0.25, 0.3) is 5.91 Å². The van der Waals surface area contributed by atoms with Crippen LogP contribution in [0.2, 0.25) is 5.02 Å². The van der Waals surface area contributed by atoms with Gasteiger partial charge in [0.2, 0.25) is 0 Å². The maximum atomic E-state index is 12.7. The second kappa shape index (κ2) is 11.5. The lowest BCUT2D eigenvalue weighted by molar-refractivity contribution is -0.123. The fourth-order valence-corrected chi connectivity index (χ4v) is 3.79. The summed E-state index contributed by atoms with van der Waals surface area (Å²) in [4.78, 5) is 25.0. The second-order valence-electron chi connectivity index (χ2n) is 8.37. The number of ether oxygens (including phenoxy) is 2. The molecule has 0 bridgehead atoms. The molecule has 1 amide bonds. The largest absolute Gasteiger partial charge is 0.484 e. The zero-order valence-corrected chi connectivity index (χ0v) is 20.7. The first-order chi connectivity index (χ1) is 17.4. The molecule has 0 heterocycles. The van der Waals surface area contributed by atoms with Gasteiger partial charge >= 0.3 is 5.97 Å². The lowest BCUT2D eigenvalue weighted by atomic mass is 10.0. The molecule has 6 nitrogen and oxygen atoms in total. The summed E-state index contributed by atoms with van der Waals surface area (Å²) in [7, 11) is 0. The molecule has 0 atom stereocenters. The van der Waals surface area contributed by atoms with Crippen LogP contribution >= 0.6 is 11.6 Å². The molecule has 0 fully saturated rings. The summed E-state index contributed by atoms with van der Waals surface area (Å²) in [6, 6.07) is 25.4. The van der Waals surface area contributed by atoms with E-state index in [4.69, 9.17) is 21.1 Å². The first kappa shape index (κ1) is 24.9. The van der Waals surface area contributed by atoms with E-state index in [0.717, 1.165) is 10.8 Å². The highest BCUT2D eigenvalue weighted by Gasteiger charge is 2.16. The molecule has 0 saturated heterocycles. The third-order valence-corrected chi connectivity index (χ3v) is 5.86. The van der Waals surface area contributed by atoms with E-state index in [9.17, 15) is 9.59 Å². The molecule has 36 heavy (non-hydrogen) atoms. The summed E-state index contributed by atoms with van der Waals surface area (Å²) in [6.07, 6.45) is 1.45. The zero-order valence-electron chi connectivity index (χ0n) is 19.9. The Hall–Kier alpha value is -4.16. The number of carbonyl (C=O) groups excluding carboxylic acids is 2. The van der Waals surface area contributed by atoms with Gasteiger partial charge in [-0.15, -0.1) is 0 Å². The normalized spacial score (nSPS) is 11.1. The average molecular weight is 501 g/mol. The van der Waals surface area contributed by atoms with Crippen LogP contribution < -0.4 is 14.9 Å². The summed E-state index contributed by atoms with van der Waals surface area (Å²) in [5.74, 6) is 0.291. The number of fused-ring (bicyclic) bond motifs is 1. The fraction of sp³-hybridized carbons (Fsp3) is 0.138. The Bertz CT molecular complexity index is 1410. The Kier molecular flexibility index (Phi) is 7.98. The maximum Gasteiger partial charge on any atom is 0.345 e. The van der Waals surface area contributed by atoms with Crippen molar-refractivity contribution >= 4 is 40.5 Å². The number of hydrogen-bond acceptors (Lipinski definition) is 5. The van der Waals surface area contributed by atoms with E-state index in [2.05, 4.69) is 24.4 Å². The predicted molar refractivity (Wildman–Crippen MR) is 142 cm³/mol. The van der Waals surface area contributed by atoms with Crippen LogP contribution in [0.25, 0.3) is 10.8 Å². The molecule has 0 radical (unpaired) electrons. The van der Waals surface area contributed by atoms with Crippen LogP contribution in [0.5, 0.6) is 11.5 Å². The van der Waals surface area contributed by atoms with Gasteiger partial charge in [-0.1, -0.05) is 80.0 Å². The Labute approximate surface area is 214 Å². The van der Waals surface area contributed by atoms with Gasteiger partial charge in [-0.05, 0) is 52.6 Å². The SMILES string of the molecule is CC(C)c1ccc(OCC(=O)N/N=C/c2c(OC(=O)c3ccccc3Cl)ccc3ccccc23)cc1. The highest BCUT2D eigenvalue weighted by molar-refractivity contribution is 6.33. The number of benzene rings is 4. The lowest BCUT2D eigenvalue weighted by Gasteiger charge is -2.11.